The molecule has 424 valence electrons. The van der Waals surface area contributed by atoms with Crippen molar-refractivity contribution in [1.29, 1.82) is 0 Å². The topological polar surface area (TPSA) is 108 Å². The monoisotopic (exact) mass is 1040 g/mol. The summed E-state index contributed by atoms with van der Waals surface area (Å²) in [6, 6.07) is -0.916. The van der Waals surface area contributed by atoms with Gasteiger partial charge in [0.15, 0.2) is 0 Å². The van der Waals surface area contributed by atoms with Gasteiger partial charge in [-0.2, -0.15) is 0 Å². The molecule has 0 aromatic carbocycles. The zero-order valence-corrected chi connectivity index (χ0v) is 49.2. The van der Waals surface area contributed by atoms with Crippen molar-refractivity contribution < 1.29 is 32.9 Å². The average Bonchev–Trinajstić information content (AvgIpc) is 3.35. The van der Waals surface area contributed by atoms with E-state index in [2.05, 4.69) is 92.1 Å². The van der Waals surface area contributed by atoms with Crippen molar-refractivity contribution in [3.63, 3.8) is 0 Å². The summed E-state index contributed by atoms with van der Waals surface area (Å²) in [6.07, 6.45) is 76.8. The zero-order chi connectivity index (χ0) is 53.5. The summed E-state index contributed by atoms with van der Waals surface area (Å²) in [5.74, 6) is -0.219. The van der Waals surface area contributed by atoms with E-state index in [-0.39, 0.29) is 12.5 Å². The number of phosphoric ester groups is 1. The van der Waals surface area contributed by atoms with E-state index in [4.69, 9.17) is 9.05 Å². The van der Waals surface area contributed by atoms with E-state index in [1.165, 1.54) is 161 Å². The molecule has 0 bridgehead atoms. The van der Waals surface area contributed by atoms with Gasteiger partial charge in [0.25, 0.3) is 7.82 Å². The molecule has 2 N–H and O–H groups in total. The molecule has 0 saturated heterocycles. The lowest BCUT2D eigenvalue weighted by atomic mass is 10.0. The van der Waals surface area contributed by atoms with Crippen LogP contribution in [0.3, 0.4) is 0 Å². The summed E-state index contributed by atoms with van der Waals surface area (Å²) >= 11 is 0. The van der Waals surface area contributed by atoms with Crippen molar-refractivity contribution in [2.45, 2.75) is 276 Å². The highest BCUT2D eigenvalue weighted by Gasteiger charge is 2.23. The molecule has 0 fully saturated rings. The van der Waals surface area contributed by atoms with Gasteiger partial charge >= 0.3 is 0 Å². The molecule has 0 spiro atoms. The molecule has 0 heterocycles. The molecule has 0 aliphatic heterocycles. The van der Waals surface area contributed by atoms with Gasteiger partial charge in [0.1, 0.15) is 13.2 Å². The fourth-order valence-electron chi connectivity index (χ4n) is 8.61. The molecule has 3 atom stereocenters. The third-order valence-electron chi connectivity index (χ3n) is 13.3. The van der Waals surface area contributed by atoms with Crippen LogP contribution in [-0.2, 0) is 18.4 Å². The van der Waals surface area contributed by atoms with E-state index in [1.54, 1.807) is 6.08 Å². The van der Waals surface area contributed by atoms with Crippen LogP contribution >= 0.6 is 7.82 Å². The van der Waals surface area contributed by atoms with E-state index in [0.29, 0.717) is 17.4 Å². The van der Waals surface area contributed by atoms with Crippen LogP contribution in [0.5, 0.6) is 0 Å². The summed E-state index contributed by atoms with van der Waals surface area (Å²) in [5.41, 5.74) is 0. The van der Waals surface area contributed by atoms with E-state index in [9.17, 15) is 19.4 Å². The summed E-state index contributed by atoms with van der Waals surface area (Å²) in [7, 11) is 1.23. The number of unbranched alkanes of at least 4 members (excludes halogenated alkanes) is 30. The van der Waals surface area contributed by atoms with Crippen molar-refractivity contribution >= 4 is 13.7 Å². The zero-order valence-electron chi connectivity index (χ0n) is 48.3. The number of allylic oxidation sites excluding steroid dienone is 13. The van der Waals surface area contributed by atoms with Crippen molar-refractivity contribution in [2.75, 3.05) is 40.9 Å². The number of hydrogen-bond acceptors (Lipinski definition) is 6. The summed E-state index contributed by atoms with van der Waals surface area (Å²) in [5, 5.41) is 13.9. The van der Waals surface area contributed by atoms with Crippen LogP contribution in [0.1, 0.15) is 264 Å². The van der Waals surface area contributed by atoms with Gasteiger partial charge in [0.05, 0.1) is 39.9 Å². The van der Waals surface area contributed by atoms with Crippen LogP contribution in [0.2, 0.25) is 0 Å². The number of quaternary nitrogens is 1. The number of aliphatic hydroxyl groups is 1. The van der Waals surface area contributed by atoms with Gasteiger partial charge in [-0.25, -0.2) is 0 Å². The number of rotatable bonds is 55. The molecular weight excluding hydrogens is 924 g/mol. The summed E-state index contributed by atoms with van der Waals surface area (Å²) in [4.78, 5) is 25.5. The number of phosphoric acid groups is 1. The van der Waals surface area contributed by atoms with E-state index >= 15 is 0 Å². The average molecular weight is 1040 g/mol. The summed E-state index contributed by atoms with van der Waals surface area (Å²) in [6.45, 7) is 4.52. The predicted octanol–water partition coefficient (Wildman–Crippen LogP) is 18.2. The Morgan fingerprint density at radius 3 is 1.27 bits per heavy atom. The number of nitrogens with zero attached hydrogens (tertiary/aromatic N) is 1. The first kappa shape index (κ1) is 70.7. The van der Waals surface area contributed by atoms with Crippen LogP contribution in [0.4, 0.5) is 0 Å². The molecule has 8 nitrogen and oxygen atoms in total. The van der Waals surface area contributed by atoms with Crippen LogP contribution in [-0.4, -0.2) is 68.5 Å². The van der Waals surface area contributed by atoms with Crippen LogP contribution < -0.4 is 10.2 Å². The first-order valence-electron chi connectivity index (χ1n) is 30.4. The maximum absolute atomic E-state index is 13.0. The SMILES string of the molecule is CC/C=C\C/C=C\C/C=C\C/C=C\C/C=C\CCCCCCCCCC(=O)NC(COP(=O)([O-])OCC[N+](C)(C)C)C(O)/C=C/CC/C=C/CCCCCCCCCCCCCCCCCCCCCCCC. The van der Waals surface area contributed by atoms with Gasteiger partial charge in [-0.15, -0.1) is 0 Å². The van der Waals surface area contributed by atoms with Gasteiger partial charge in [0.2, 0.25) is 5.91 Å². The summed E-state index contributed by atoms with van der Waals surface area (Å²) < 4.78 is 23.4. The van der Waals surface area contributed by atoms with Crippen LogP contribution in [0.15, 0.2) is 85.1 Å². The number of amides is 1. The molecule has 0 saturated carbocycles. The van der Waals surface area contributed by atoms with E-state index in [1.807, 2.05) is 27.2 Å². The van der Waals surface area contributed by atoms with Crippen molar-refractivity contribution in [3.8, 4) is 0 Å². The fraction of sp³-hybridized carbons (Fsp3) is 0.766. The minimum absolute atomic E-state index is 0.0127. The first-order chi connectivity index (χ1) is 35.5. The van der Waals surface area contributed by atoms with Crippen LogP contribution in [0.25, 0.3) is 0 Å². The van der Waals surface area contributed by atoms with Gasteiger partial charge in [0, 0.05) is 6.42 Å². The number of carbonyl (C=O) groups is 1. The molecule has 1 amide bonds. The number of nitrogens with one attached hydrogen (secondary N) is 1. The van der Waals surface area contributed by atoms with Crippen molar-refractivity contribution in [2.24, 2.45) is 0 Å². The van der Waals surface area contributed by atoms with Gasteiger partial charge in [-0.1, -0.05) is 266 Å². The normalized spacial score (nSPS) is 14.5. The Morgan fingerprint density at radius 2 is 0.849 bits per heavy atom. The Hall–Kier alpha value is -2.32. The first-order valence-corrected chi connectivity index (χ1v) is 31.9. The third-order valence-corrected chi connectivity index (χ3v) is 14.3. The molecule has 0 aliphatic rings. The molecule has 73 heavy (non-hydrogen) atoms. The Balaban J connectivity index is 4.25. The number of likely N-dealkylation sites (N-methyl/N-ethyl adjacent to an activating group) is 1. The lowest BCUT2D eigenvalue weighted by molar-refractivity contribution is -0.870. The highest BCUT2D eigenvalue weighted by atomic mass is 31.2. The molecule has 9 heteroatoms. The van der Waals surface area contributed by atoms with E-state index in [0.717, 1.165) is 83.5 Å². The smallest absolute Gasteiger partial charge is 0.268 e. The van der Waals surface area contributed by atoms with Crippen LogP contribution in [0, 0.1) is 0 Å². The second-order valence-electron chi connectivity index (χ2n) is 21.7. The minimum Gasteiger partial charge on any atom is -0.756 e. The Kier molecular flexibility index (Phi) is 52.7. The molecule has 0 aromatic rings. The predicted molar refractivity (Wildman–Crippen MR) is 316 cm³/mol. The van der Waals surface area contributed by atoms with Gasteiger partial charge in [-0.3, -0.25) is 9.36 Å². The quantitative estimate of drug-likeness (QED) is 0.0272. The molecule has 3 unspecified atom stereocenters. The van der Waals surface area contributed by atoms with Gasteiger partial charge in [-0.05, 0) is 77.0 Å². The van der Waals surface area contributed by atoms with Gasteiger partial charge < -0.3 is 28.8 Å². The number of aliphatic hydroxyl groups excluding tert-OH is 1. The molecule has 0 radical (unpaired) electrons. The maximum atomic E-state index is 13.0. The third kappa shape index (κ3) is 57.2. The number of carbonyl (C=O) groups excluding carboxylic acids is 1. The highest BCUT2D eigenvalue weighted by Crippen LogP contribution is 2.38. The van der Waals surface area contributed by atoms with E-state index < -0.39 is 26.6 Å². The number of hydrogen-bond donors (Lipinski definition) is 2. The fourth-order valence-corrected chi connectivity index (χ4v) is 9.33. The second-order valence-corrected chi connectivity index (χ2v) is 23.1. The highest BCUT2D eigenvalue weighted by molar-refractivity contribution is 7.45. The Bertz CT molecular complexity index is 1460. The maximum Gasteiger partial charge on any atom is 0.268 e. The standard InChI is InChI=1S/C64H117N2O6P/c1-6-8-10-12-14-16-18-20-22-24-26-28-30-31-32-33-34-36-37-39-41-43-45-47-49-51-53-55-57-63(67)62(61-72-73(69,70)71-60-59-66(3,4)5)65-64(68)58-56-54-52-50-48-46-44-42-40-38-35-29-27-25-23-21-19-17-15-13-11-9-7-2/h9,11,15,17,21,23,27,29,38,40,47,49,55,57,62-63,67H,6-8,10,12-14,16,18-20,22,24-26,28,30-37,39,41-46,48,50-54,56,58-61H2,1-5H3,(H-,65,68,69,70)/b11-9-,17-15-,23-21-,29-27-,40-38-,49-47+,57-55+. The Morgan fingerprint density at radius 1 is 0.493 bits per heavy atom. The van der Waals surface area contributed by atoms with Crippen molar-refractivity contribution in [3.05, 3.63) is 85.1 Å². The lowest BCUT2D eigenvalue weighted by Crippen LogP contribution is -2.45. The molecule has 0 aromatic heterocycles. The van der Waals surface area contributed by atoms with Crippen molar-refractivity contribution in [1.82, 2.24) is 5.32 Å². The minimum atomic E-state index is -4.62. The largest absolute Gasteiger partial charge is 0.756 e. The molecule has 0 rings (SSSR count). The molecule has 0 aliphatic carbocycles. The second kappa shape index (κ2) is 54.5. The lowest BCUT2D eigenvalue weighted by Gasteiger charge is -2.29. The Labute approximate surface area is 452 Å². The molecular formula is C64H117N2O6P.